The molecule has 0 aliphatic carbocycles. The Hall–Kier alpha value is -0.760. The molecule has 62 valence electrons. The van der Waals surface area contributed by atoms with E-state index in [4.69, 9.17) is 0 Å². The second-order valence-electron chi connectivity index (χ2n) is 3.78. The van der Waals surface area contributed by atoms with Gasteiger partial charge in [-0.2, -0.15) is 0 Å². The molecule has 0 fully saturated rings. The van der Waals surface area contributed by atoms with Gasteiger partial charge in [-0.3, -0.25) is 0 Å². The molecule has 0 spiro atoms. The summed E-state index contributed by atoms with van der Waals surface area (Å²) in [5, 5.41) is 0. The Morgan fingerprint density at radius 1 is 1.55 bits per heavy atom. The van der Waals surface area contributed by atoms with Gasteiger partial charge in [0.15, 0.2) is 0 Å². The number of rotatable bonds is 2. The van der Waals surface area contributed by atoms with Gasteiger partial charge in [0.05, 0.1) is 6.54 Å². The number of aryl methyl sites for hydroxylation is 1. The molecule has 0 saturated carbocycles. The molecule has 1 rings (SSSR count). The highest BCUT2D eigenvalue weighted by Crippen LogP contribution is 2.07. The van der Waals surface area contributed by atoms with Crippen LogP contribution in [0.3, 0.4) is 0 Å². The first kappa shape index (κ1) is 8.34. The van der Waals surface area contributed by atoms with E-state index >= 15 is 0 Å². The second kappa shape index (κ2) is 2.70. The standard InChI is InChI=1S/C9H16N2/c1-10-6-5-9(7-10)8-11(2,3)4/h5-7H,2,8H2,1,3-4H3. The lowest BCUT2D eigenvalue weighted by molar-refractivity contribution is -0.859. The Morgan fingerprint density at radius 3 is 2.55 bits per heavy atom. The molecular weight excluding hydrogens is 136 g/mol. The normalized spacial score (nSPS) is 12.0. The van der Waals surface area contributed by atoms with Gasteiger partial charge in [0, 0.05) is 39.1 Å². The number of aromatic nitrogens is 1. The molecule has 1 aromatic heterocycles. The summed E-state index contributed by atoms with van der Waals surface area (Å²) in [5.74, 6) is 0. The van der Waals surface area contributed by atoms with Gasteiger partial charge in [-0.15, -0.1) is 7.05 Å². The van der Waals surface area contributed by atoms with Crippen LogP contribution in [-0.2, 0) is 13.6 Å². The highest BCUT2D eigenvalue weighted by atomic mass is 15.3. The summed E-state index contributed by atoms with van der Waals surface area (Å²) in [6.07, 6.45) is 4.19. The second-order valence-corrected chi connectivity index (χ2v) is 3.78. The van der Waals surface area contributed by atoms with Crippen molar-refractivity contribution in [3.63, 3.8) is 0 Å². The first-order valence-corrected chi connectivity index (χ1v) is 3.75. The molecular formula is C9H16N2. The minimum Gasteiger partial charge on any atom is -0.458 e. The van der Waals surface area contributed by atoms with Crippen molar-refractivity contribution in [3.05, 3.63) is 31.1 Å². The van der Waals surface area contributed by atoms with Gasteiger partial charge >= 0.3 is 0 Å². The van der Waals surface area contributed by atoms with Crippen LogP contribution in [0.2, 0.25) is 0 Å². The average Bonchev–Trinajstić information content (AvgIpc) is 2.10. The molecule has 0 aromatic carbocycles. The summed E-state index contributed by atoms with van der Waals surface area (Å²) >= 11 is 0. The molecule has 0 amide bonds. The molecule has 0 aliphatic rings. The predicted molar refractivity (Wildman–Crippen MR) is 46.6 cm³/mol. The van der Waals surface area contributed by atoms with Crippen molar-refractivity contribution < 1.29 is 4.48 Å². The van der Waals surface area contributed by atoms with E-state index in [2.05, 4.69) is 44.2 Å². The molecule has 0 saturated heterocycles. The van der Waals surface area contributed by atoms with Gasteiger partial charge in [0.2, 0.25) is 0 Å². The SMILES string of the molecule is [CH2-][N+](C)(C)Cc1ccn(C)c1. The molecule has 0 bridgehead atoms. The highest BCUT2D eigenvalue weighted by Gasteiger charge is 2.02. The summed E-state index contributed by atoms with van der Waals surface area (Å²) in [5.41, 5.74) is 1.34. The third-order valence-corrected chi connectivity index (χ3v) is 1.50. The van der Waals surface area contributed by atoms with Gasteiger partial charge in [-0.25, -0.2) is 0 Å². The minimum absolute atomic E-state index is 0.740. The van der Waals surface area contributed by atoms with Crippen molar-refractivity contribution in [2.24, 2.45) is 7.05 Å². The summed E-state index contributed by atoms with van der Waals surface area (Å²) in [4.78, 5) is 0. The molecule has 0 atom stereocenters. The van der Waals surface area contributed by atoms with Gasteiger partial charge in [-0.1, -0.05) is 0 Å². The van der Waals surface area contributed by atoms with Crippen LogP contribution in [0.1, 0.15) is 5.56 Å². The van der Waals surface area contributed by atoms with E-state index in [1.807, 2.05) is 7.05 Å². The van der Waals surface area contributed by atoms with E-state index in [0.717, 1.165) is 11.0 Å². The largest absolute Gasteiger partial charge is 0.458 e. The van der Waals surface area contributed by atoms with Crippen molar-refractivity contribution >= 4 is 0 Å². The van der Waals surface area contributed by atoms with Crippen LogP contribution < -0.4 is 0 Å². The van der Waals surface area contributed by atoms with Crippen LogP contribution >= 0.6 is 0 Å². The Kier molecular flexibility index (Phi) is 2.05. The number of quaternary nitrogens is 1. The fourth-order valence-electron chi connectivity index (χ4n) is 1.15. The lowest BCUT2D eigenvalue weighted by Crippen LogP contribution is -2.30. The summed E-state index contributed by atoms with van der Waals surface area (Å²) < 4.78 is 2.80. The summed E-state index contributed by atoms with van der Waals surface area (Å²) in [6, 6.07) is 2.13. The van der Waals surface area contributed by atoms with Gasteiger partial charge in [0.25, 0.3) is 0 Å². The lowest BCUT2D eigenvalue weighted by Gasteiger charge is -2.32. The van der Waals surface area contributed by atoms with Crippen LogP contribution in [0.25, 0.3) is 0 Å². The van der Waals surface area contributed by atoms with E-state index in [9.17, 15) is 0 Å². The van der Waals surface area contributed by atoms with Crippen molar-refractivity contribution in [1.82, 2.24) is 4.57 Å². The zero-order valence-electron chi connectivity index (χ0n) is 7.54. The number of hydrogen-bond acceptors (Lipinski definition) is 0. The Balaban J connectivity index is 2.65. The van der Waals surface area contributed by atoms with Crippen molar-refractivity contribution in [2.75, 3.05) is 14.1 Å². The first-order valence-electron chi connectivity index (χ1n) is 3.75. The highest BCUT2D eigenvalue weighted by molar-refractivity contribution is 5.08. The number of nitrogens with zero attached hydrogens (tertiary/aromatic N) is 2. The van der Waals surface area contributed by atoms with Crippen LogP contribution in [0.5, 0.6) is 0 Å². The molecule has 0 aliphatic heterocycles. The van der Waals surface area contributed by atoms with Crippen LogP contribution in [-0.4, -0.2) is 23.1 Å². The smallest absolute Gasteiger partial charge is 0.0813 e. The average molecular weight is 152 g/mol. The van der Waals surface area contributed by atoms with E-state index < -0.39 is 0 Å². The Labute approximate surface area is 68.6 Å². The maximum Gasteiger partial charge on any atom is 0.0813 e. The maximum absolute atomic E-state index is 4.00. The summed E-state index contributed by atoms with van der Waals surface area (Å²) in [7, 11) is 10.2. The van der Waals surface area contributed by atoms with E-state index in [1.54, 1.807) is 0 Å². The zero-order valence-corrected chi connectivity index (χ0v) is 7.54. The van der Waals surface area contributed by atoms with Crippen molar-refractivity contribution in [1.29, 1.82) is 0 Å². The molecule has 1 aromatic rings. The fraction of sp³-hybridized carbons (Fsp3) is 0.444. The zero-order chi connectivity index (χ0) is 8.48. The Bertz CT molecular complexity index is 230. The molecule has 1 heterocycles. The lowest BCUT2D eigenvalue weighted by atomic mass is 10.3. The topological polar surface area (TPSA) is 4.93 Å². The van der Waals surface area contributed by atoms with Crippen molar-refractivity contribution in [3.8, 4) is 0 Å². The van der Waals surface area contributed by atoms with Gasteiger partial charge < -0.3 is 9.05 Å². The summed E-state index contributed by atoms with van der Waals surface area (Å²) in [6.45, 7) is 0.987. The van der Waals surface area contributed by atoms with Gasteiger partial charge in [0.1, 0.15) is 0 Å². The van der Waals surface area contributed by atoms with E-state index in [0.29, 0.717) is 0 Å². The number of hydrogen-bond donors (Lipinski definition) is 0. The third kappa shape index (κ3) is 2.76. The monoisotopic (exact) mass is 152 g/mol. The quantitative estimate of drug-likeness (QED) is 0.446. The van der Waals surface area contributed by atoms with Crippen LogP contribution in [0.15, 0.2) is 18.5 Å². The predicted octanol–water partition coefficient (Wildman–Crippen LogP) is 1.39. The van der Waals surface area contributed by atoms with Crippen molar-refractivity contribution in [2.45, 2.75) is 6.54 Å². The van der Waals surface area contributed by atoms with Crippen LogP contribution in [0, 0.1) is 7.05 Å². The molecule has 2 heteroatoms. The first-order chi connectivity index (χ1) is 4.97. The van der Waals surface area contributed by atoms with Crippen LogP contribution in [0.4, 0.5) is 0 Å². The molecule has 0 radical (unpaired) electrons. The minimum atomic E-state index is 0.740. The van der Waals surface area contributed by atoms with Gasteiger partial charge in [-0.05, 0) is 6.07 Å². The molecule has 11 heavy (non-hydrogen) atoms. The molecule has 0 N–H and O–H groups in total. The molecule has 0 unspecified atom stereocenters. The fourth-order valence-corrected chi connectivity index (χ4v) is 1.15. The Morgan fingerprint density at radius 2 is 2.18 bits per heavy atom. The third-order valence-electron chi connectivity index (χ3n) is 1.50. The maximum atomic E-state index is 4.00. The van der Waals surface area contributed by atoms with E-state index in [1.165, 1.54) is 5.56 Å². The molecule has 2 nitrogen and oxygen atoms in total. The van der Waals surface area contributed by atoms with E-state index in [-0.39, 0.29) is 0 Å².